The van der Waals surface area contributed by atoms with Crippen LogP contribution in [0.1, 0.15) is 47.6 Å². The molecule has 8 nitrogen and oxygen atoms in total. The monoisotopic (exact) mass is 427 g/mol. The predicted molar refractivity (Wildman–Crippen MR) is 112 cm³/mol. The van der Waals surface area contributed by atoms with E-state index in [9.17, 15) is 14.7 Å². The first-order valence-corrected chi connectivity index (χ1v) is 10.4. The van der Waals surface area contributed by atoms with Crippen LogP contribution in [0.5, 0.6) is 5.75 Å². The molecule has 0 unspecified atom stereocenters. The number of hydrogen-bond acceptors (Lipinski definition) is 7. The fraction of sp³-hybridized carbons (Fsp3) is 0.286. The zero-order valence-corrected chi connectivity index (χ0v) is 17.1. The Morgan fingerprint density at radius 3 is 2.90 bits per heavy atom. The molecule has 3 N–H and O–H groups in total. The van der Waals surface area contributed by atoms with Gasteiger partial charge in [-0.25, -0.2) is 9.78 Å². The minimum Gasteiger partial charge on any atom is -0.507 e. The molecule has 2 aromatic heterocycles. The molecule has 4 rings (SSSR count). The van der Waals surface area contributed by atoms with E-state index < -0.39 is 5.97 Å². The van der Waals surface area contributed by atoms with Crippen LogP contribution in [0, 0.1) is 0 Å². The Bertz CT molecular complexity index is 1090. The highest BCUT2D eigenvalue weighted by Crippen LogP contribution is 2.35. The number of carboxylic acid groups (broad SMARTS) is 1. The molecule has 156 valence electrons. The van der Waals surface area contributed by atoms with Gasteiger partial charge in [0.2, 0.25) is 5.91 Å². The Kier molecular flexibility index (Phi) is 5.56. The number of thiazole rings is 1. The van der Waals surface area contributed by atoms with E-state index in [0.29, 0.717) is 23.0 Å². The largest absolute Gasteiger partial charge is 0.507 e. The Balaban J connectivity index is 1.48. The molecule has 0 radical (unpaired) electrons. The van der Waals surface area contributed by atoms with Gasteiger partial charge in [-0.05, 0) is 43.7 Å². The van der Waals surface area contributed by atoms with Crippen molar-refractivity contribution in [1.82, 2.24) is 9.88 Å². The van der Waals surface area contributed by atoms with Gasteiger partial charge < -0.3 is 19.9 Å². The summed E-state index contributed by atoms with van der Waals surface area (Å²) in [7, 11) is 0. The van der Waals surface area contributed by atoms with Crippen LogP contribution < -0.4 is 5.32 Å². The molecule has 30 heavy (non-hydrogen) atoms. The van der Waals surface area contributed by atoms with Crippen molar-refractivity contribution in [2.45, 2.75) is 32.4 Å². The molecule has 0 saturated carbocycles. The van der Waals surface area contributed by atoms with E-state index in [4.69, 9.17) is 9.52 Å². The number of amides is 1. The maximum atomic E-state index is 11.2. The molecule has 0 spiro atoms. The summed E-state index contributed by atoms with van der Waals surface area (Å²) in [5.74, 6) is -0.269. The molecule has 3 aromatic rings. The SMILES string of the molecule is CC(=O)Nc1nc([C@H]2CCCN2Cc2ccc(-c3ccc(C(=O)O)c(O)c3)o2)cs1. The van der Waals surface area contributed by atoms with Crippen molar-refractivity contribution in [3.63, 3.8) is 0 Å². The number of furan rings is 1. The standard InChI is InChI=1S/C21H21N3O5S/c1-12(25)22-21-23-16(11-30-21)17-3-2-8-24(17)10-14-5-7-19(29-14)13-4-6-15(20(27)28)18(26)9-13/h4-7,9,11,17,26H,2-3,8,10H2,1H3,(H,27,28)(H,22,23,25)/t17-/m1/s1. The first-order valence-electron chi connectivity index (χ1n) is 9.53. The summed E-state index contributed by atoms with van der Waals surface area (Å²) in [4.78, 5) is 29.1. The fourth-order valence-corrected chi connectivity index (χ4v) is 4.48. The summed E-state index contributed by atoms with van der Waals surface area (Å²) >= 11 is 1.42. The van der Waals surface area contributed by atoms with E-state index in [0.717, 1.165) is 30.8 Å². The van der Waals surface area contributed by atoms with Gasteiger partial charge in [0.05, 0.1) is 18.3 Å². The van der Waals surface area contributed by atoms with E-state index in [2.05, 4.69) is 15.2 Å². The molecular formula is C21H21N3O5S. The molecule has 1 fully saturated rings. The number of phenols is 1. The van der Waals surface area contributed by atoms with Gasteiger partial charge in [0.1, 0.15) is 22.8 Å². The van der Waals surface area contributed by atoms with Crippen LogP contribution in [0.2, 0.25) is 0 Å². The summed E-state index contributed by atoms with van der Waals surface area (Å²) in [6, 6.07) is 8.23. The van der Waals surface area contributed by atoms with Crippen LogP contribution in [-0.4, -0.2) is 38.5 Å². The van der Waals surface area contributed by atoms with E-state index in [1.54, 1.807) is 6.07 Å². The average Bonchev–Trinajstić information content (AvgIpc) is 3.42. The summed E-state index contributed by atoms with van der Waals surface area (Å²) in [5.41, 5.74) is 1.41. The summed E-state index contributed by atoms with van der Waals surface area (Å²) in [6.45, 7) is 2.99. The van der Waals surface area contributed by atoms with Crippen molar-refractivity contribution in [3.8, 4) is 17.1 Å². The number of nitrogens with zero attached hydrogens (tertiary/aromatic N) is 2. The Labute approximate surface area is 176 Å². The van der Waals surface area contributed by atoms with Gasteiger partial charge in [-0.3, -0.25) is 9.69 Å². The number of aromatic carboxylic acids is 1. The number of hydrogen-bond donors (Lipinski definition) is 3. The van der Waals surface area contributed by atoms with Crippen molar-refractivity contribution >= 4 is 28.3 Å². The number of rotatable bonds is 6. The van der Waals surface area contributed by atoms with Crippen molar-refractivity contribution in [1.29, 1.82) is 0 Å². The van der Waals surface area contributed by atoms with E-state index >= 15 is 0 Å². The Morgan fingerprint density at radius 2 is 2.17 bits per heavy atom. The molecule has 1 saturated heterocycles. The van der Waals surface area contributed by atoms with Crippen molar-refractivity contribution in [2.24, 2.45) is 0 Å². The second-order valence-electron chi connectivity index (χ2n) is 7.19. The average molecular weight is 427 g/mol. The normalized spacial score (nSPS) is 16.6. The van der Waals surface area contributed by atoms with E-state index in [1.165, 1.54) is 30.4 Å². The lowest BCUT2D eigenvalue weighted by Gasteiger charge is -2.21. The maximum Gasteiger partial charge on any atom is 0.339 e. The number of benzene rings is 1. The third kappa shape index (κ3) is 4.22. The molecule has 1 aliphatic heterocycles. The lowest BCUT2D eigenvalue weighted by atomic mass is 10.1. The quantitative estimate of drug-likeness (QED) is 0.542. The van der Waals surface area contributed by atoms with Crippen molar-refractivity contribution in [2.75, 3.05) is 11.9 Å². The third-order valence-corrected chi connectivity index (χ3v) is 5.82. The maximum absolute atomic E-state index is 11.2. The summed E-state index contributed by atoms with van der Waals surface area (Å²) < 4.78 is 5.95. The first-order chi connectivity index (χ1) is 14.4. The molecule has 0 bridgehead atoms. The number of nitrogens with one attached hydrogen (secondary N) is 1. The molecule has 1 amide bonds. The van der Waals surface area contributed by atoms with Gasteiger partial charge >= 0.3 is 5.97 Å². The highest BCUT2D eigenvalue weighted by atomic mass is 32.1. The molecule has 1 aliphatic rings. The zero-order chi connectivity index (χ0) is 21.3. The van der Waals surface area contributed by atoms with E-state index in [1.807, 2.05) is 17.5 Å². The van der Waals surface area contributed by atoms with Gasteiger partial charge in [-0.2, -0.15) is 0 Å². The highest BCUT2D eigenvalue weighted by molar-refractivity contribution is 7.13. The van der Waals surface area contributed by atoms with Crippen LogP contribution in [0.15, 0.2) is 40.1 Å². The van der Waals surface area contributed by atoms with Crippen LogP contribution in [0.4, 0.5) is 5.13 Å². The molecule has 0 aliphatic carbocycles. The molecular weight excluding hydrogens is 406 g/mol. The second-order valence-corrected chi connectivity index (χ2v) is 8.05. The summed E-state index contributed by atoms with van der Waals surface area (Å²) in [6.07, 6.45) is 2.04. The lowest BCUT2D eigenvalue weighted by molar-refractivity contribution is -0.114. The van der Waals surface area contributed by atoms with Crippen LogP contribution in [0.3, 0.4) is 0 Å². The number of anilines is 1. The number of carboxylic acids is 1. The van der Waals surface area contributed by atoms with Crippen LogP contribution in [-0.2, 0) is 11.3 Å². The molecule has 9 heteroatoms. The van der Waals surface area contributed by atoms with Gasteiger partial charge in [0.15, 0.2) is 5.13 Å². The van der Waals surface area contributed by atoms with Crippen molar-refractivity contribution in [3.05, 3.63) is 52.7 Å². The number of aromatic hydroxyl groups is 1. The smallest absolute Gasteiger partial charge is 0.339 e. The van der Waals surface area contributed by atoms with Gasteiger partial charge in [0, 0.05) is 17.9 Å². The van der Waals surface area contributed by atoms with Crippen LogP contribution >= 0.6 is 11.3 Å². The van der Waals surface area contributed by atoms with Gasteiger partial charge in [-0.15, -0.1) is 11.3 Å². The minimum atomic E-state index is -1.18. The Hall–Kier alpha value is -3.17. The number of carbonyl (C=O) groups is 2. The van der Waals surface area contributed by atoms with Gasteiger partial charge in [-0.1, -0.05) is 6.07 Å². The first kappa shape index (κ1) is 20.1. The van der Waals surface area contributed by atoms with Crippen LogP contribution in [0.25, 0.3) is 11.3 Å². The summed E-state index contributed by atoms with van der Waals surface area (Å²) in [5, 5.41) is 24.3. The lowest BCUT2D eigenvalue weighted by Crippen LogP contribution is -2.22. The second kappa shape index (κ2) is 8.29. The number of aromatic nitrogens is 1. The Morgan fingerprint density at radius 1 is 1.33 bits per heavy atom. The zero-order valence-electron chi connectivity index (χ0n) is 16.3. The highest BCUT2D eigenvalue weighted by Gasteiger charge is 2.29. The molecule has 1 atom stereocenters. The van der Waals surface area contributed by atoms with Gasteiger partial charge in [0.25, 0.3) is 0 Å². The predicted octanol–water partition coefficient (Wildman–Crippen LogP) is 4.10. The topological polar surface area (TPSA) is 116 Å². The number of likely N-dealkylation sites (tertiary alicyclic amines) is 1. The van der Waals surface area contributed by atoms with E-state index in [-0.39, 0.29) is 23.3 Å². The fourth-order valence-electron chi connectivity index (χ4n) is 3.68. The third-order valence-electron chi connectivity index (χ3n) is 5.04. The number of carbonyl (C=O) groups excluding carboxylic acids is 1. The molecule has 1 aromatic carbocycles. The molecule has 3 heterocycles. The minimum absolute atomic E-state index is 0.135. The van der Waals surface area contributed by atoms with Crippen molar-refractivity contribution < 1.29 is 24.2 Å².